The highest BCUT2D eigenvalue weighted by atomic mass is 32.2. The van der Waals surface area contributed by atoms with E-state index in [1.54, 1.807) is 26.8 Å². The van der Waals surface area contributed by atoms with Crippen molar-refractivity contribution in [3.8, 4) is 12.1 Å². The number of hydrogen-bond donors (Lipinski definition) is 2. The van der Waals surface area contributed by atoms with Gasteiger partial charge in [0.05, 0.1) is 32.9 Å². The van der Waals surface area contributed by atoms with Crippen LogP contribution in [0.25, 0.3) is 0 Å². The summed E-state index contributed by atoms with van der Waals surface area (Å²) >= 11 is 0.947. The molecular formula is C18H17N5O4S. The lowest BCUT2D eigenvalue weighted by molar-refractivity contribution is -0.383. The van der Waals surface area contributed by atoms with E-state index in [9.17, 15) is 30.2 Å². The number of allylic oxidation sites excluding steroid dienone is 1. The molecule has 2 amide bonds. The number of nitriles is 2. The molecule has 1 aromatic carbocycles. The van der Waals surface area contributed by atoms with Gasteiger partial charge in [0.2, 0.25) is 11.8 Å². The molecule has 2 N–H and O–H groups in total. The van der Waals surface area contributed by atoms with Crippen molar-refractivity contribution in [2.24, 2.45) is 11.3 Å². The number of para-hydroxylation sites is 2. The maximum Gasteiger partial charge on any atom is 0.292 e. The summed E-state index contributed by atoms with van der Waals surface area (Å²) in [5.74, 6) is -2.10. The Bertz CT molecular complexity index is 957. The highest BCUT2D eigenvalue weighted by Gasteiger charge is 2.45. The van der Waals surface area contributed by atoms with Gasteiger partial charge >= 0.3 is 0 Å². The summed E-state index contributed by atoms with van der Waals surface area (Å²) in [5.41, 5.74) is -0.998. The van der Waals surface area contributed by atoms with Gasteiger partial charge in [0.25, 0.3) is 5.69 Å². The number of nitro groups is 1. The number of anilines is 1. The predicted molar refractivity (Wildman–Crippen MR) is 102 cm³/mol. The van der Waals surface area contributed by atoms with Crippen LogP contribution in [-0.4, -0.2) is 22.0 Å². The monoisotopic (exact) mass is 399 g/mol. The van der Waals surface area contributed by atoms with Crippen molar-refractivity contribution in [2.75, 3.05) is 5.32 Å². The number of nitro benzene ring substituents is 1. The molecule has 1 aliphatic rings. The van der Waals surface area contributed by atoms with Crippen LogP contribution in [0.2, 0.25) is 0 Å². The van der Waals surface area contributed by atoms with Crippen molar-refractivity contribution in [3.63, 3.8) is 0 Å². The number of hydrogen-bond acceptors (Lipinski definition) is 7. The summed E-state index contributed by atoms with van der Waals surface area (Å²) in [6, 6.07) is 9.66. The molecule has 2 atom stereocenters. The van der Waals surface area contributed by atoms with Crippen LogP contribution in [-0.2, 0) is 9.59 Å². The van der Waals surface area contributed by atoms with Crippen LogP contribution in [0.1, 0.15) is 20.8 Å². The molecule has 9 nitrogen and oxygen atoms in total. The van der Waals surface area contributed by atoms with Crippen LogP contribution >= 0.6 is 11.8 Å². The van der Waals surface area contributed by atoms with Crippen LogP contribution in [0.3, 0.4) is 0 Å². The number of nitrogens with zero attached hydrogens (tertiary/aromatic N) is 3. The molecular weight excluding hydrogens is 382 g/mol. The second kappa shape index (κ2) is 8.11. The van der Waals surface area contributed by atoms with E-state index in [1.165, 1.54) is 18.2 Å². The van der Waals surface area contributed by atoms with E-state index in [2.05, 4.69) is 10.6 Å². The van der Waals surface area contributed by atoms with E-state index in [1.807, 2.05) is 12.1 Å². The van der Waals surface area contributed by atoms with E-state index in [-0.39, 0.29) is 22.0 Å². The number of benzene rings is 1. The number of rotatable bonds is 5. The largest absolute Gasteiger partial charge is 0.319 e. The Hall–Kier alpha value is -3.37. The van der Waals surface area contributed by atoms with E-state index in [0.29, 0.717) is 0 Å². The van der Waals surface area contributed by atoms with Gasteiger partial charge in [-0.2, -0.15) is 10.5 Å². The molecule has 0 saturated carbocycles. The van der Waals surface area contributed by atoms with Crippen molar-refractivity contribution < 1.29 is 14.5 Å². The Morgan fingerprint density at radius 2 is 2.04 bits per heavy atom. The molecule has 0 fully saturated rings. The van der Waals surface area contributed by atoms with Gasteiger partial charge in [-0.05, 0) is 13.0 Å². The smallest absolute Gasteiger partial charge is 0.292 e. The molecule has 2 rings (SSSR count). The maximum absolute atomic E-state index is 12.5. The van der Waals surface area contributed by atoms with Crippen LogP contribution in [0.4, 0.5) is 11.4 Å². The standard InChI is InChI=1S/C18H17N5O4S/c1-10(15(24)21-13-6-4-5-7-14(13)23(26)27)28-17-12(9-20)18(2,3)11(8-19)16(25)22-17/h4-7,10-11H,1-3H3,(H,21,24)(H,22,25)/t10-,11-/m1/s1. The third-order valence-corrected chi connectivity index (χ3v) is 5.46. The quantitative estimate of drug-likeness (QED) is 0.571. The molecule has 0 saturated heterocycles. The summed E-state index contributed by atoms with van der Waals surface area (Å²) in [5, 5.41) is 34.3. The van der Waals surface area contributed by atoms with Crippen LogP contribution in [0.5, 0.6) is 0 Å². The van der Waals surface area contributed by atoms with Gasteiger partial charge in [0.15, 0.2) is 0 Å². The zero-order valence-corrected chi connectivity index (χ0v) is 16.2. The molecule has 10 heteroatoms. The molecule has 1 aliphatic heterocycles. The fraction of sp³-hybridized carbons (Fsp3) is 0.333. The minimum absolute atomic E-state index is 0.0528. The predicted octanol–water partition coefficient (Wildman–Crippen LogP) is 2.69. The molecule has 28 heavy (non-hydrogen) atoms. The first-order chi connectivity index (χ1) is 13.1. The minimum Gasteiger partial charge on any atom is -0.319 e. The number of thioether (sulfide) groups is 1. The van der Waals surface area contributed by atoms with E-state index in [4.69, 9.17) is 0 Å². The van der Waals surface area contributed by atoms with Gasteiger partial charge < -0.3 is 10.6 Å². The van der Waals surface area contributed by atoms with E-state index < -0.39 is 33.3 Å². The fourth-order valence-electron chi connectivity index (χ4n) is 2.72. The molecule has 0 bridgehead atoms. The lowest BCUT2D eigenvalue weighted by atomic mass is 9.72. The second-order valence-corrected chi connectivity index (χ2v) is 7.96. The Balaban J connectivity index is 2.25. The maximum atomic E-state index is 12.5. The number of carbonyl (C=O) groups is 2. The lowest BCUT2D eigenvalue weighted by Gasteiger charge is -2.35. The fourth-order valence-corrected chi connectivity index (χ4v) is 3.82. The summed E-state index contributed by atoms with van der Waals surface area (Å²) in [7, 11) is 0. The molecule has 144 valence electrons. The minimum atomic E-state index is -1.03. The van der Waals surface area contributed by atoms with Crippen molar-refractivity contribution >= 4 is 35.0 Å². The normalized spacial score (nSPS) is 19.0. The first-order valence-corrected chi connectivity index (χ1v) is 9.07. The van der Waals surface area contributed by atoms with Gasteiger partial charge in [-0.3, -0.25) is 19.7 Å². The lowest BCUT2D eigenvalue weighted by Crippen LogP contribution is -2.45. The first kappa shape index (κ1) is 20.9. The average molecular weight is 399 g/mol. The summed E-state index contributed by atoms with van der Waals surface area (Å²) < 4.78 is 0. The number of nitrogens with one attached hydrogen (secondary N) is 2. The number of carbonyl (C=O) groups excluding carboxylic acids is 2. The Morgan fingerprint density at radius 3 is 2.61 bits per heavy atom. The van der Waals surface area contributed by atoms with Gasteiger partial charge in [-0.25, -0.2) is 0 Å². The molecule has 1 aromatic rings. The second-order valence-electron chi connectivity index (χ2n) is 6.61. The summed E-state index contributed by atoms with van der Waals surface area (Å²) in [4.78, 5) is 35.2. The van der Waals surface area contributed by atoms with Crippen molar-refractivity contribution in [2.45, 2.75) is 26.0 Å². The van der Waals surface area contributed by atoms with E-state index >= 15 is 0 Å². The Kier molecular flexibility index (Phi) is 6.06. The highest BCUT2D eigenvalue weighted by molar-refractivity contribution is 8.04. The zero-order chi connectivity index (χ0) is 21.1. The third kappa shape index (κ3) is 3.97. The van der Waals surface area contributed by atoms with E-state index in [0.717, 1.165) is 11.8 Å². The van der Waals surface area contributed by atoms with Crippen LogP contribution in [0, 0.1) is 44.1 Å². The Labute approximate surface area is 165 Å². The molecule has 0 radical (unpaired) electrons. The SMILES string of the molecule is C[C@@H](SC1=C(C#N)C(C)(C)[C@H](C#N)C(=O)N1)C(=O)Nc1ccccc1[N+](=O)[O-]. The Morgan fingerprint density at radius 1 is 1.39 bits per heavy atom. The van der Waals surface area contributed by atoms with Gasteiger partial charge in [-0.1, -0.05) is 37.7 Å². The third-order valence-electron chi connectivity index (χ3n) is 4.36. The zero-order valence-electron chi connectivity index (χ0n) is 15.3. The molecule has 0 aromatic heterocycles. The first-order valence-electron chi connectivity index (χ1n) is 8.19. The average Bonchev–Trinajstić information content (AvgIpc) is 2.61. The van der Waals surface area contributed by atoms with Gasteiger partial charge in [0.1, 0.15) is 11.6 Å². The summed E-state index contributed by atoms with van der Waals surface area (Å²) in [6.45, 7) is 4.79. The molecule has 1 heterocycles. The van der Waals surface area contributed by atoms with Gasteiger partial charge in [0, 0.05) is 11.5 Å². The van der Waals surface area contributed by atoms with Crippen molar-refractivity contribution in [1.29, 1.82) is 10.5 Å². The van der Waals surface area contributed by atoms with Crippen LogP contribution in [0.15, 0.2) is 34.9 Å². The molecule has 0 unspecified atom stereocenters. The van der Waals surface area contributed by atoms with Crippen molar-refractivity contribution in [1.82, 2.24) is 5.32 Å². The topological polar surface area (TPSA) is 149 Å². The summed E-state index contributed by atoms with van der Waals surface area (Å²) in [6.07, 6.45) is 0. The highest BCUT2D eigenvalue weighted by Crippen LogP contribution is 2.42. The van der Waals surface area contributed by atoms with Gasteiger partial charge in [-0.15, -0.1) is 0 Å². The van der Waals surface area contributed by atoms with Crippen LogP contribution < -0.4 is 10.6 Å². The molecule has 0 spiro atoms. The molecule has 0 aliphatic carbocycles. The van der Waals surface area contributed by atoms with Crippen molar-refractivity contribution in [3.05, 3.63) is 45.0 Å². The number of amides is 2.